The molecule has 43 heavy (non-hydrogen) atoms. The number of benzene rings is 4. The van der Waals surface area contributed by atoms with Crippen molar-refractivity contribution in [2.75, 3.05) is 28.4 Å². The minimum absolute atomic E-state index is 0.0530. The molecule has 1 aliphatic rings. The standard InChI is InChI=1S/C32H28O11/c1-13-7-17(33)25-21(42-13)9-14-8-19(39-4)27(30(41-6)22(14)28(25)35)24-16-10-15(38-3)11-20(40-5)23(16)29(36)26-18(34)12-32(2,37)43-31(24)26/h7-11,35-37H,12H2,1-6H3. The van der Waals surface area contributed by atoms with Crippen LogP contribution in [0, 0.1) is 6.92 Å². The number of rotatable bonds is 5. The average Bonchev–Trinajstić information content (AvgIpc) is 2.94. The first-order valence-electron chi connectivity index (χ1n) is 13.2. The number of aliphatic hydroxyl groups is 1. The van der Waals surface area contributed by atoms with E-state index in [4.69, 9.17) is 28.1 Å². The maximum Gasteiger partial charge on any atom is 0.212 e. The van der Waals surface area contributed by atoms with E-state index in [1.807, 2.05) is 0 Å². The zero-order valence-electron chi connectivity index (χ0n) is 24.2. The van der Waals surface area contributed by atoms with E-state index in [0.717, 1.165) is 0 Å². The maximum atomic E-state index is 13.4. The Labute approximate surface area is 244 Å². The van der Waals surface area contributed by atoms with Gasteiger partial charge in [-0.1, -0.05) is 0 Å². The number of ether oxygens (including phenoxy) is 5. The minimum atomic E-state index is -1.92. The molecular weight excluding hydrogens is 560 g/mol. The van der Waals surface area contributed by atoms with Gasteiger partial charge < -0.3 is 43.4 Å². The second-order valence-corrected chi connectivity index (χ2v) is 10.5. The molecule has 1 unspecified atom stereocenters. The number of hydrogen-bond donors (Lipinski definition) is 3. The van der Waals surface area contributed by atoms with E-state index in [0.29, 0.717) is 22.3 Å². The summed E-state index contributed by atoms with van der Waals surface area (Å²) < 4.78 is 34.6. The molecule has 1 atom stereocenters. The van der Waals surface area contributed by atoms with E-state index in [2.05, 4.69) is 0 Å². The summed E-state index contributed by atoms with van der Waals surface area (Å²) in [5, 5.41) is 34.9. The van der Waals surface area contributed by atoms with Crippen LogP contribution in [0.25, 0.3) is 43.6 Å². The zero-order chi connectivity index (χ0) is 31.0. The number of fused-ring (bicyclic) bond motifs is 4. The predicted molar refractivity (Wildman–Crippen MR) is 157 cm³/mol. The van der Waals surface area contributed by atoms with Gasteiger partial charge in [-0.2, -0.15) is 0 Å². The maximum absolute atomic E-state index is 13.4. The molecule has 4 aromatic carbocycles. The second-order valence-electron chi connectivity index (χ2n) is 10.5. The third-order valence-electron chi connectivity index (χ3n) is 7.63. The third kappa shape index (κ3) is 4.07. The molecule has 0 fully saturated rings. The number of phenols is 2. The summed E-state index contributed by atoms with van der Waals surface area (Å²) in [6.45, 7) is 2.96. The van der Waals surface area contributed by atoms with Gasteiger partial charge >= 0.3 is 0 Å². The Kier molecular flexibility index (Phi) is 6.31. The SMILES string of the molecule is COc1cc(OC)c2c(O)c3c(c(-c4c(OC)cc5cc6oc(C)cc(=O)c6c(O)c5c4OC)c2c1)OC(C)(O)CC3=O. The van der Waals surface area contributed by atoms with E-state index >= 15 is 0 Å². The zero-order valence-corrected chi connectivity index (χ0v) is 24.2. The predicted octanol–water partition coefficient (Wildman–Crippen LogP) is 5.19. The molecule has 0 spiro atoms. The quantitative estimate of drug-likeness (QED) is 0.232. The van der Waals surface area contributed by atoms with Gasteiger partial charge in [-0.3, -0.25) is 9.59 Å². The van der Waals surface area contributed by atoms with Crippen LogP contribution in [0.15, 0.2) is 39.5 Å². The van der Waals surface area contributed by atoms with Crippen molar-refractivity contribution < 1.29 is 48.2 Å². The summed E-state index contributed by atoms with van der Waals surface area (Å²) in [6, 6.07) is 7.63. The summed E-state index contributed by atoms with van der Waals surface area (Å²) in [6.07, 6.45) is -0.426. The molecule has 1 aromatic heterocycles. The fourth-order valence-electron chi connectivity index (χ4n) is 5.89. The fraction of sp³-hybridized carbons (Fsp3) is 0.250. The number of aryl methyl sites for hydroxylation is 1. The monoisotopic (exact) mass is 588 g/mol. The molecule has 222 valence electrons. The number of carbonyl (C=O) groups excluding carboxylic acids is 1. The number of ketones is 1. The van der Waals surface area contributed by atoms with E-state index in [-0.39, 0.29) is 61.4 Å². The van der Waals surface area contributed by atoms with Crippen molar-refractivity contribution in [2.45, 2.75) is 26.1 Å². The lowest BCUT2D eigenvalue weighted by Crippen LogP contribution is -2.39. The van der Waals surface area contributed by atoms with Crippen LogP contribution in [-0.4, -0.2) is 55.3 Å². The van der Waals surface area contributed by atoms with Crippen molar-refractivity contribution in [3.63, 3.8) is 0 Å². The van der Waals surface area contributed by atoms with Crippen molar-refractivity contribution in [1.82, 2.24) is 0 Å². The lowest BCUT2D eigenvalue weighted by atomic mass is 9.86. The molecule has 0 aliphatic carbocycles. The highest BCUT2D eigenvalue weighted by atomic mass is 16.6. The van der Waals surface area contributed by atoms with Crippen LogP contribution in [0.4, 0.5) is 0 Å². The van der Waals surface area contributed by atoms with Crippen molar-refractivity contribution in [1.29, 1.82) is 0 Å². The molecular formula is C32H28O11. The van der Waals surface area contributed by atoms with Gasteiger partial charge in [-0.15, -0.1) is 0 Å². The summed E-state index contributed by atoms with van der Waals surface area (Å²) in [5.74, 6) is -2.26. The summed E-state index contributed by atoms with van der Waals surface area (Å²) in [5.41, 5.74) is -0.0890. The molecule has 3 N–H and O–H groups in total. The highest BCUT2D eigenvalue weighted by molar-refractivity contribution is 6.19. The Morgan fingerprint density at radius 3 is 2.16 bits per heavy atom. The molecule has 6 rings (SSSR count). The number of Topliss-reactive ketones (excluding diaryl/α,β-unsaturated/α-hetero) is 1. The van der Waals surface area contributed by atoms with E-state index in [1.165, 1.54) is 41.4 Å². The number of carbonyl (C=O) groups is 1. The van der Waals surface area contributed by atoms with E-state index < -0.39 is 34.9 Å². The second kappa shape index (κ2) is 9.70. The first-order chi connectivity index (χ1) is 20.4. The number of aromatic hydroxyl groups is 2. The molecule has 11 nitrogen and oxygen atoms in total. The van der Waals surface area contributed by atoms with Crippen LogP contribution in [-0.2, 0) is 0 Å². The van der Waals surface area contributed by atoms with Crippen LogP contribution in [0.1, 0.15) is 29.5 Å². The Morgan fingerprint density at radius 1 is 0.791 bits per heavy atom. The van der Waals surface area contributed by atoms with Crippen molar-refractivity contribution in [3.8, 4) is 51.4 Å². The summed E-state index contributed by atoms with van der Waals surface area (Å²) in [4.78, 5) is 26.4. The largest absolute Gasteiger partial charge is 0.506 e. The van der Waals surface area contributed by atoms with Crippen LogP contribution >= 0.6 is 0 Å². The van der Waals surface area contributed by atoms with E-state index in [1.54, 1.807) is 31.2 Å². The highest BCUT2D eigenvalue weighted by Gasteiger charge is 2.41. The van der Waals surface area contributed by atoms with Gasteiger partial charge in [0.2, 0.25) is 5.79 Å². The first-order valence-corrected chi connectivity index (χ1v) is 13.2. The highest BCUT2D eigenvalue weighted by Crippen LogP contribution is 2.58. The summed E-state index contributed by atoms with van der Waals surface area (Å²) >= 11 is 0. The normalized spacial score (nSPS) is 16.3. The Morgan fingerprint density at radius 2 is 1.51 bits per heavy atom. The lowest BCUT2D eigenvalue weighted by molar-refractivity contribution is -0.122. The van der Waals surface area contributed by atoms with Crippen molar-refractivity contribution in [2.24, 2.45) is 0 Å². The first kappa shape index (κ1) is 28.0. The Hall–Kier alpha value is -5.16. The smallest absolute Gasteiger partial charge is 0.212 e. The van der Waals surface area contributed by atoms with Gasteiger partial charge in [0.1, 0.15) is 62.5 Å². The van der Waals surface area contributed by atoms with Crippen molar-refractivity contribution in [3.05, 3.63) is 51.9 Å². The van der Waals surface area contributed by atoms with Gasteiger partial charge in [0, 0.05) is 30.0 Å². The van der Waals surface area contributed by atoms with Gasteiger partial charge in [-0.25, -0.2) is 0 Å². The fourth-order valence-corrected chi connectivity index (χ4v) is 5.89. The Bertz CT molecular complexity index is 2070. The molecule has 0 radical (unpaired) electrons. The Balaban J connectivity index is 1.90. The van der Waals surface area contributed by atoms with Gasteiger partial charge in [0.25, 0.3) is 0 Å². The molecule has 0 amide bonds. The molecule has 0 bridgehead atoms. The third-order valence-corrected chi connectivity index (χ3v) is 7.63. The van der Waals surface area contributed by atoms with Crippen LogP contribution in [0.2, 0.25) is 0 Å². The summed E-state index contributed by atoms with van der Waals surface area (Å²) in [7, 11) is 5.66. The number of phenolic OH excluding ortho intramolecular Hbond substituents is 2. The average molecular weight is 589 g/mol. The van der Waals surface area contributed by atoms with Crippen LogP contribution in [0.3, 0.4) is 0 Å². The molecule has 5 aromatic rings. The van der Waals surface area contributed by atoms with Crippen LogP contribution in [0.5, 0.6) is 40.2 Å². The number of hydrogen-bond acceptors (Lipinski definition) is 11. The van der Waals surface area contributed by atoms with Gasteiger partial charge in [0.05, 0.1) is 51.2 Å². The minimum Gasteiger partial charge on any atom is -0.506 e. The van der Waals surface area contributed by atoms with Crippen molar-refractivity contribution >= 4 is 38.3 Å². The topological polar surface area (TPSA) is 154 Å². The van der Waals surface area contributed by atoms with Crippen LogP contribution < -0.4 is 29.1 Å². The van der Waals surface area contributed by atoms with E-state index in [9.17, 15) is 24.9 Å². The molecule has 11 heteroatoms. The molecule has 0 saturated carbocycles. The molecule has 0 saturated heterocycles. The van der Waals surface area contributed by atoms with Gasteiger partial charge in [-0.05, 0) is 30.5 Å². The molecule has 1 aliphatic heterocycles. The molecule has 2 heterocycles. The number of methoxy groups -OCH3 is 4. The van der Waals surface area contributed by atoms with Gasteiger partial charge in [0.15, 0.2) is 11.2 Å². The lowest BCUT2D eigenvalue weighted by Gasteiger charge is -2.33.